The molecule has 0 saturated carbocycles. The summed E-state index contributed by atoms with van der Waals surface area (Å²) in [6, 6.07) is 7.78. The van der Waals surface area contributed by atoms with Crippen LogP contribution in [0.1, 0.15) is 37.7 Å². The number of rotatable bonds is 4. The van der Waals surface area contributed by atoms with E-state index in [0.29, 0.717) is 6.42 Å². The molecule has 1 unspecified atom stereocenters. The highest BCUT2D eigenvalue weighted by atomic mass is 35.5. The van der Waals surface area contributed by atoms with Crippen molar-refractivity contribution in [3.05, 3.63) is 40.4 Å². The molecule has 2 N–H and O–H groups in total. The lowest BCUT2D eigenvalue weighted by Crippen LogP contribution is -2.16. The van der Waals surface area contributed by atoms with Crippen LogP contribution in [-0.4, -0.2) is 22.9 Å². The van der Waals surface area contributed by atoms with Crippen LogP contribution in [0.4, 0.5) is 0 Å². The largest absolute Gasteiger partial charge is 0.396 e. The van der Waals surface area contributed by atoms with Crippen LogP contribution in [0.15, 0.2) is 29.8 Å². The van der Waals surface area contributed by atoms with Gasteiger partial charge < -0.3 is 10.2 Å². The zero-order valence-electron chi connectivity index (χ0n) is 10.4. The summed E-state index contributed by atoms with van der Waals surface area (Å²) in [6.45, 7) is 0.0144. The zero-order valence-corrected chi connectivity index (χ0v) is 11.2. The quantitative estimate of drug-likeness (QED) is 0.877. The first kappa shape index (κ1) is 13.6. The molecule has 1 aromatic rings. The Kier molecular flexibility index (Phi) is 4.81. The molecule has 18 heavy (non-hydrogen) atoms. The molecular weight excluding hydrogens is 248 g/mol. The van der Waals surface area contributed by atoms with Gasteiger partial charge >= 0.3 is 0 Å². The Labute approximate surface area is 113 Å². The normalized spacial score (nSPS) is 17.9. The van der Waals surface area contributed by atoms with Gasteiger partial charge in [-0.25, -0.2) is 0 Å². The standard InChI is InChI=1S/C15H19ClO2/c16-14-8-4-3-6-12(14)11-5-1-2-7-13(11)15(18)9-10-17/h3-4,6,8,15,17-18H,1-2,5,7,9-10H2. The molecule has 0 aliphatic heterocycles. The van der Waals surface area contributed by atoms with Gasteiger partial charge in [0.2, 0.25) is 0 Å². The van der Waals surface area contributed by atoms with Crippen LogP contribution in [0.5, 0.6) is 0 Å². The molecule has 0 aromatic heterocycles. The van der Waals surface area contributed by atoms with Gasteiger partial charge in [0.15, 0.2) is 0 Å². The van der Waals surface area contributed by atoms with E-state index in [2.05, 4.69) is 0 Å². The fourth-order valence-electron chi connectivity index (χ4n) is 2.61. The van der Waals surface area contributed by atoms with Crippen molar-refractivity contribution in [3.8, 4) is 0 Å². The van der Waals surface area contributed by atoms with E-state index in [9.17, 15) is 5.11 Å². The summed E-state index contributed by atoms with van der Waals surface area (Å²) in [5.41, 5.74) is 3.27. The first-order valence-corrected chi connectivity index (χ1v) is 6.87. The highest BCUT2D eigenvalue weighted by Crippen LogP contribution is 2.37. The van der Waals surface area contributed by atoms with Crippen LogP contribution in [0.25, 0.3) is 5.57 Å². The summed E-state index contributed by atoms with van der Waals surface area (Å²) in [4.78, 5) is 0. The molecule has 1 aliphatic rings. The minimum Gasteiger partial charge on any atom is -0.396 e. The third kappa shape index (κ3) is 2.94. The van der Waals surface area contributed by atoms with Gasteiger partial charge in [-0.2, -0.15) is 0 Å². The lowest BCUT2D eigenvalue weighted by atomic mass is 9.84. The maximum Gasteiger partial charge on any atom is 0.0777 e. The number of allylic oxidation sites excluding steroid dienone is 1. The highest BCUT2D eigenvalue weighted by Gasteiger charge is 2.21. The van der Waals surface area contributed by atoms with Crippen molar-refractivity contribution in [2.24, 2.45) is 0 Å². The van der Waals surface area contributed by atoms with Crippen LogP contribution >= 0.6 is 11.6 Å². The topological polar surface area (TPSA) is 40.5 Å². The van der Waals surface area contributed by atoms with Gasteiger partial charge in [0, 0.05) is 18.1 Å². The van der Waals surface area contributed by atoms with Crippen molar-refractivity contribution in [2.75, 3.05) is 6.61 Å². The fourth-order valence-corrected chi connectivity index (χ4v) is 2.86. The molecule has 98 valence electrons. The number of halogens is 1. The summed E-state index contributed by atoms with van der Waals surface area (Å²) < 4.78 is 0. The van der Waals surface area contributed by atoms with E-state index in [1.165, 1.54) is 5.57 Å². The third-order valence-corrected chi connectivity index (χ3v) is 3.84. The van der Waals surface area contributed by atoms with E-state index in [0.717, 1.165) is 41.8 Å². The molecule has 1 aromatic carbocycles. The Morgan fingerprint density at radius 1 is 1.17 bits per heavy atom. The maximum atomic E-state index is 10.1. The first-order chi connectivity index (χ1) is 8.74. The van der Waals surface area contributed by atoms with Crippen LogP contribution in [0.3, 0.4) is 0 Å². The Hall–Kier alpha value is -0.830. The third-order valence-electron chi connectivity index (χ3n) is 3.51. The lowest BCUT2D eigenvalue weighted by molar-refractivity contribution is 0.157. The second-order valence-electron chi connectivity index (χ2n) is 4.72. The molecule has 0 spiro atoms. The Morgan fingerprint density at radius 3 is 2.61 bits per heavy atom. The molecule has 0 fully saturated rings. The van der Waals surface area contributed by atoms with Gasteiger partial charge in [0.05, 0.1) is 6.10 Å². The highest BCUT2D eigenvalue weighted by molar-refractivity contribution is 6.32. The van der Waals surface area contributed by atoms with Gasteiger partial charge in [-0.3, -0.25) is 0 Å². The number of aliphatic hydroxyl groups is 2. The predicted molar refractivity (Wildman–Crippen MR) is 74.5 cm³/mol. The Bertz CT molecular complexity index is 440. The molecule has 1 atom stereocenters. The van der Waals surface area contributed by atoms with Gasteiger partial charge in [-0.15, -0.1) is 0 Å². The number of hydrogen-bond donors (Lipinski definition) is 2. The van der Waals surface area contributed by atoms with Crippen molar-refractivity contribution < 1.29 is 10.2 Å². The maximum absolute atomic E-state index is 10.1. The minimum absolute atomic E-state index is 0.0144. The van der Waals surface area contributed by atoms with E-state index in [1.807, 2.05) is 24.3 Å². The van der Waals surface area contributed by atoms with Crippen LogP contribution in [-0.2, 0) is 0 Å². The Morgan fingerprint density at radius 2 is 1.89 bits per heavy atom. The van der Waals surface area contributed by atoms with E-state index < -0.39 is 6.10 Å². The number of benzene rings is 1. The van der Waals surface area contributed by atoms with E-state index in [1.54, 1.807) is 0 Å². The van der Waals surface area contributed by atoms with Crippen LogP contribution in [0, 0.1) is 0 Å². The molecule has 0 radical (unpaired) electrons. The van der Waals surface area contributed by atoms with E-state index in [-0.39, 0.29) is 6.61 Å². The second kappa shape index (κ2) is 6.37. The summed E-state index contributed by atoms with van der Waals surface area (Å²) >= 11 is 6.24. The van der Waals surface area contributed by atoms with Gasteiger partial charge in [-0.05, 0) is 48.5 Å². The van der Waals surface area contributed by atoms with Crippen molar-refractivity contribution in [1.82, 2.24) is 0 Å². The number of aliphatic hydroxyl groups excluding tert-OH is 2. The molecule has 0 bridgehead atoms. The SMILES string of the molecule is OCCC(O)C1=C(c2ccccc2Cl)CCCC1. The van der Waals surface area contributed by atoms with Gasteiger partial charge in [-0.1, -0.05) is 29.8 Å². The average molecular weight is 267 g/mol. The molecule has 3 heteroatoms. The molecule has 0 saturated heterocycles. The summed E-state index contributed by atoms with van der Waals surface area (Å²) in [6.07, 6.45) is 3.97. The molecular formula is C15H19ClO2. The van der Waals surface area contributed by atoms with Gasteiger partial charge in [0.1, 0.15) is 0 Å². The Balaban J connectivity index is 2.39. The molecule has 2 nitrogen and oxygen atoms in total. The predicted octanol–water partition coefficient (Wildman–Crippen LogP) is 3.41. The van der Waals surface area contributed by atoms with Crippen molar-refractivity contribution in [1.29, 1.82) is 0 Å². The van der Waals surface area contributed by atoms with Crippen LogP contribution < -0.4 is 0 Å². The van der Waals surface area contributed by atoms with Crippen molar-refractivity contribution in [3.63, 3.8) is 0 Å². The summed E-state index contributed by atoms with van der Waals surface area (Å²) in [5, 5.41) is 19.8. The summed E-state index contributed by atoms with van der Waals surface area (Å²) in [7, 11) is 0. The monoisotopic (exact) mass is 266 g/mol. The van der Waals surface area contributed by atoms with Crippen LogP contribution in [0.2, 0.25) is 5.02 Å². The molecule has 2 rings (SSSR count). The second-order valence-corrected chi connectivity index (χ2v) is 5.13. The van der Waals surface area contributed by atoms with E-state index in [4.69, 9.17) is 16.7 Å². The smallest absolute Gasteiger partial charge is 0.0777 e. The molecule has 1 aliphatic carbocycles. The lowest BCUT2D eigenvalue weighted by Gasteiger charge is -2.25. The fraction of sp³-hybridized carbons (Fsp3) is 0.467. The first-order valence-electron chi connectivity index (χ1n) is 6.49. The average Bonchev–Trinajstić information content (AvgIpc) is 2.40. The minimum atomic E-state index is -0.540. The molecule has 0 amide bonds. The summed E-state index contributed by atoms with van der Waals surface area (Å²) in [5.74, 6) is 0. The zero-order chi connectivity index (χ0) is 13.0. The molecule has 0 heterocycles. The van der Waals surface area contributed by atoms with E-state index >= 15 is 0 Å². The van der Waals surface area contributed by atoms with Gasteiger partial charge in [0.25, 0.3) is 0 Å². The van der Waals surface area contributed by atoms with Crippen molar-refractivity contribution >= 4 is 17.2 Å². The van der Waals surface area contributed by atoms with Crippen molar-refractivity contribution in [2.45, 2.75) is 38.2 Å². The number of hydrogen-bond acceptors (Lipinski definition) is 2.